The minimum absolute atomic E-state index is 0.228. The molecule has 6 nitrogen and oxygen atoms in total. The van der Waals surface area contributed by atoms with E-state index in [1.807, 2.05) is 54.3 Å². The Morgan fingerprint density at radius 3 is 2.69 bits per heavy atom. The number of carbonyl (C=O) groups excluding carboxylic acids is 1. The van der Waals surface area contributed by atoms with Crippen LogP contribution in [0, 0.1) is 0 Å². The van der Waals surface area contributed by atoms with Gasteiger partial charge >= 0.3 is 5.97 Å². The molecule has 2 aromatic carbocycles. The summed E-state index contributed by atoms with van der Waals surface area (Å²) in [6.07, 6.45) is 2.14. The predicted octanol–water partition coefficient (Wildman–Crippen LogP) is 4.49. The van der Waals surface area contributed by atoms with E-state index in [1.54, 1.807) is 6.92 Å². The quantitative estimate of drug-likeness (QED) is 0.579. The van der Waals surface area contributed by atoms with Crippen LogP contribution in [0.25, 0.3) is 0 Å². The summed E-state index contributed by atoms with van der Waals surface area (Å²) in [5.41, 5.74) is 3.56. The highest BCUT2D eigenvalue weighted by molar-refractivity contribution is 5.91. The van der Waals surface area contributed by atoms with Gasteiger partial charge in [-0.3, -0.25) is 0 Å². The molecule has 1 aromatic heterocycles. The summed E-state index contributed by atoms with van der Waals surface area (Å²) in [6.45, 7) is 4.75. The normalized spacial score (nSPS) is 13.7. The number of para-hydroxylation sites is 1. The van der Waals surface area contributed by atoms with Gasteiger partial charge in [0.15, 0.2) is 0 Å². The molecule has 4 rings (SSSR count). The first-order chi connectivity index (χ1) is 14.2. The van der Waals surface area contributed by atoms with E-state index in [1.165, 1.54) is 11.8 Å². The van der Waals surface area contributed by atoms with Crippen LogP contribution in [-0.4, -0.2) is 29.1 Å². The van der Waals surface area contributed by atoms with Crippen molar-refractivity contribution in [2.75, 3.05) is 18.1 Å². The number of benzene rings is 2. The molecule has 3 aromatic rings. The molecule has 0 saturated heterocycles. The SMILES string of the molecule is CCOC(=O)c1cnc(N2CCc3ccccc32)nc1OC(C)c1ccccc1. The number of carbonyl (C=O) groups is 1. The molecule has 0 radical (unpaired) electrons. The molecular weight excluding hydrogens is 366 g/mol. The van der Waals surface area contributed by atoms with E-state index in [2.05, 4.69) is 22.1 Å². The molecule has 1 atom stereocenters. The third-order valence-corrected chi connectivity index (χ3v) is 4.92. The number of hydrogen-bond acceptors (Lipinski definition) is 6. The number of fused-ring (bicyclic) bond motifs is 1. The molecular formula is C23H23N3O3. The van der Waals surface area contributed by atoms with Crippen molar-refractivity contribution in [2.45, 2.75) is 26.4 Å². The van der Waals surface area contributed by atoms with E-state index >= 15 is 0 Å². The molecule has 0 bridgehead atoms. The van der Waals surface area contributed by atoms with Gasteiger partial charge in [-0.15, -0.1) is 0 Å². The smallest absolute Gasteiger partial charge is 0.345 e. The molecule has 0 spiro atoms. The largest absolute Gasteiger partial charge is 0.469 e. The van der Waals surface area contributed by atoms with Gasteiger partial charge in [-0.25, -0.2) is 9.78 Å². The molecule has 1 aliphatic heterocycles. The molecule has 148 valence electrons. The van der Waals surface area contributed by atoms with Crippen LogP contribution in [-0.2, 0) is 11.2 Å². The van der Waals surface area contributed by atoms with Crippen molar-refractivity contribution < 1.29 is 14.3 Å². The summed E-state index contributed by atoms with van der Waals surface area (Å²) in [5, 5.41) is 0. The van der Waals surface area contributed by atoms with Crippen molar-refractivity contribution in [3.8, 4) is 5.88 Å². The van der Waals surface area contributed by atoms with E-state index in [4.69, 9.17) is 9.47 Å². The van der Waals surface area contributed by atoms with Crippen LogP contribution < -0.4 is 9.64 Å². The van der Waals surface area contributed by atoms with E-state index in [0.717, 1.165) is 24.2 Å². The molecule has 0 N–H and O–H groups in total. The van der Waals surface area contributed by atoms with Crippen molar-refractivity contribution in [1.29, 1.82) is 0 Å². The Balaban J connectivity index is 1.69. The number of aromatic nitrogens is 2. The van der Waals surface area contributed by atoms with Gasteiger partial charge in [0, 0.05) is 12.2 Å². The molecule has 6 heteroatoms. The molecule has 1 aliphatic rings. The minimum atomic E-state index is -0.490. The standard InChI is InChI=1S/C23H23N3O3/c1-3-28-22(27)19-15-24-23(26-14-13-18-11-7-8-12-20(18)26)25-21(19)29-16(2)17-9-5-4-6-10-17/h4-12,15-16H,3,13-14H2,1-2H3. The molecule has 0 amide bonds. The number of nitrogens with zero attached hydrogens (tertiary/aromatic N) is 3. The van der Waals surface area contributed by atoms with E-state index in [0.29, 0.717) is 5.95 Å². The highest BCUT2D eigenvalue weighted by Gasteiger charge is 2.25. The average molecular weight is 389 g/mol. The van der Waals surface area contributed by atoms with Crippen molar-refractivity contribution in [2.24, 2.45) is 0 Å². The maximum absolute atomic E-state index is 12.4. The van der Waals surface area contributed by atoms with Crippen LogP contribution >= 0.6 is 0 Å². The summed E-state index contributed by atoms with van der Waals surface area (Å²) in [6, 6.07) is 18.0. The van der Waals surface area contributed by atoms with Crippen LogP contribution in [0.15, 0.2) is 60.8 Å². The van der Waals surface area contributed by atoms with Crippen LogP contribution in [0.1, 0.15) is 41.4 Å². The monoisotopic (exact) mass is 389 g/mol. The van der Waals surface area contributed by atoms with Crippen LogP contribution in [0.5, 0.6) is 5.88 Å². The van der Waals surface area contributed by atoms with Crippen LogP contribution in [0.3, 0.4) is 0 Å². The van der Waals surface area contributed by atoms with Crippen molar-refractivity contribution in [3.63, 3.8) is 0 Å². The lowest BCUT2D eigenvalue weighted by Crippen LogP contribution is -2.19. The number of rotatable bonds is 6. The van der Waals surface area contributed by atoms with Crippen molar-refractivity contribution in [1.82, 2.24) is 9.97 Å². The molecule has 0 aliphatic carbocycles. The lowest BCUT2D eigenvalue weighted by atomic mass is 10.1. The summed E-state index contributed by atoms with van der Waals surface area (Å²) in [4.78, 5) is 23.5. The third-order valence-electron chi connectivity index (χ3n) is 4.92. The fourth-order valence-electron chi connectivity index (χ4n) is 3.43. The van der Waals surface area contributed by atoms with Gasteiger partial charge in [0.25, 0.3) is 0 Å². The Hall–Kier alpha value is -3.41. The third kappa shape index (κ3) is 3.92. The van der Waals surface area contributed by atoms with Crippen LogP contribution in [0.4, 0.5) is 11.6 Å². The second-order valence-electron chi connectivity index (χ2n) is 6.81. The van der Waals surface area contributed by atoms with E-state index < -0.39 is 5.97 Å². The number of hydrogen-bond donors (Lipinski definition) is 0. The Bertz CT molecular complexity index is 1010. The minimum Gasteiger partial charge on any atom is -0.469 e. The summed E-state index contributed by atoms with van der Waals surface area (Å²) < 4.78 is 11.3. The zero-order valence-electron chi connectivity index (χ0n) is 16.5. The number of ether oxygens (including phenoxy) is 2. The molecule has 0 fully saturated rings. The number of esters is 1. The number of anilines is 2. The Morgan fingerprint density at radius 2 is 1.90 bits per heavy atom. The molecule has 0 saturated carbocycles. The summed E-state index contributed by atoms with van der Waals surface area (Å²) >= 11 is 0. The molecule has 2 heterocycles. The maximum atomic E-state index is 12.4. The van der Waals surface area contributed by atoms with Crippen molar-refractivity contribution >= 4 is 17.6 Å². The zero-order chi connectivity index (χ0) is 20.2. The molecule has 29 heavy (non-hydrogen) atoms. The van der Waals surface area contributed by atoms with Gasteiger partial charge < -0.3 is 14.4 Å². The topological polar surface area (TPSA) is 64.5 Å². The lowest BCUT2D eigenvalue weighted by Gasteiger charge is -2.20. The zero-order valence-corrected chi connectivity index (χ0v) is 16.5. The van der Waals surface area contributed by atoms with Crippen molar-refractivity contribution in [3.05, 3.63) is 77.5 Å². The first-order valence-corrected chi connectivity index (χ1v) is 9.78. The van der Waals surface area contributed by atoms with Gasteiger partial charge in [-0.05, 0) is 37.5 Å². The second kappa shape index (κ2) is 8.31. The predicted molar refractivity (Wildman–Crippen MR) is 111 cm³/mol. The summed E-state index contributed by atoms with van der Waals surface area (Å²) in [5.74, 6) is 0.253. The fourth-order valence-corrected chi connectivity index (χ4v) is 3.43. The van der Waals surface area contributed by atoms with Gasteiger partial charge in [0.05, 0.1) is 12.8 Å². The van der Waals surface area contributed by atoms with Gasteiger partial charge in [-0.2, -0.15) is 4.98 Å². The summed E-state index contributed by atoms with van der Waals surface area (Å²) in [7, 11) is 0. The highest BCUT2D eigenvalue weighted by atomic mass is 16.5. The molecule has 1 unspecified atom stereocenters. The fraction of sp³-hybridized carbons (Fsp3) is 0.261. The Labute approximate surface area is 170 Å². The second-order valence-corrected chi connectivity index (χ2v) is 6.81. The maximum Gasteiger partial charge on any atom is 0.345 e. The van der Waals surface area contributed by atoms with E-state index in [-0.39, 0.29) is 24.2 Å². The highest BCUT2D eigenvalue weighted by Crippen LogP contribution is 2.34. The first-order valence-electron chi connectivity index (χ1n) is 9.78. The first kappa shape index (κ1) is 18.9. The van der Waals surface area contributed by atoms with Crippen LogP contribution in [0.2, 0.25) is 0 Å². The lowest BCUT2D eigenvalue weighted by molar-refractivity contribution is 0.0517. The van der Waals surface area contributed by atoms with Gasteiger partial charge in [0.2, 0.25) is 11.8 Å². The Morgan fingerprint density at radius 1 is 1.14 bits per heavy atom. The van der Waals surface area contributed by atoms with Gasteiger partial charge in [-0.1, -0.05) is 48.5 Å². The average Bonchev–Trinajstić information content (AvgIpc) is 3.18. The van der Waals surface area contributed by atoms with E-state index in [9.17, 15) is 4.79 Å². The Kier molecular flexibility index (Phi) is 5.42. The van der Waals surface area contributed by atoms with Gasteiger partial charge in [0.1, 0.15) is 11.7 Å².